The molecule has 0 radical (unpaired) electrons. The molecule has 1 nitrogen and oxygen atoms in total. The molecular formula is C12H12ClFO. The van der Waals surface area contributed by atoms with E-state index in [1.165, 1.54) is 12.1 Å². The van der Waals surface area contributed by atoms with E-state index in [2.05, 4.69) is 0 Å². The van der Waals surface area contributed by atoms with Crippen LogP contribution in [0.5, 0.6) is 0 Å². The third-order valence-electron chi connectivity index (χ3n) is 2.68. The summed E-state index contributed by atoms with van der Waals surface area (Å²) in [5, 5.41) is 10.3. The molecule has 1 aromatic carbocycles. The van der Waals surface area contributed by atoms with Gasteiger partial charge in [0, 0.05) is 10.6 Å². The first-order chi connectivity index (χ1) is 7.18. The Morgan fingerprint density at radius 3 is 2.80 bits per heavy atom. The van der Waals surface area contributed by atoms with Gasteiger partial charge in [-0.1, -0.05) is 23.7 Å². The van der Waals surface area contributed by atoms with Gasteiger partial charge in [0.15, 0.2) is 0 Å². The van der Waals surface area contributed by atoms with Crippen LogP contribution in [0.15, 0.2) is 29.8 Å². The second kappa shape index (κ2) is 4.33. The van der Waals surface area contributed by atoms with Gasteiger partial charge in [-0.15, -0.1) is 0 Å². The lowest BCUT2D eigenvalue weighted by Gasteiger charge is -2.13. The summed E-state index contributed by atoms with van der Waals surface area (Å²) in [5.74, 6) is -0.378. The first-order valence-corrected chi connectivity index (χ1v) is 5.38. The van der Waals surface area contributed by atoms with Crippen LogP contribution in [0.4, 0.5) is 4.39 Å². The second-order valence-electron chi connectivity index (χ2n) is 3.74. The van der Waals surface area contributed by atoms with Crippen LogP contribution in [-0.4, -0.2) is 5.11 Å². The van der Waals surface area contributed by atoms with E-state index in [-0.39, 0.29) is 10.8 Å². The summed E-state index contributed by atoms with van der Waals surface area (Å²) in [7, 11) is 0. The van der Waals surface area contributed by atoms with Crippen molar-refractivity contribution in [2.75, 3.05) is 0 Å². The molecule has 0 amide bonds. The number of halogens is 2. The average Bonchev–Trinajstić information content (AvgIpc) is 2.69. The summed E-state index contributed by atoms with van der Waals surface area (Å²) in [6, 6.07) is 4.09. The molecule has 0 fully saturated rings. The lowest BCUT2D eigenvalue weighted by molar-refractivity contribution is 0.212. The Balaban J connectivity index is 2.28. The molecule has 0 heterocycles. The van der Waals surface area contributed by atoms with Crippen molar-refractivity contribution in [1.82, 2.24) is 0 Å². The van der Waals surface area contributed by atoms with Gasteiger partial charge in [0.05, 0.1) is 0 Å². The van der Waals surface area contributed by atoms with Gasteiger partial charge in [-0.3, -0.25) is 0 Å². The number of aliphatic hydroxyl groups excluding tert-OH is 1. The van der Waals surface area contributed by atoms with Crippen molar-refractivity contribution in [2.45, 2.75) is 25.4 Å². The minimum Gasteiger partial charge on any atom is -0.384 e. The standard InChI is InChI=1S/C12H12ClFO/c13-11-7-9(14)5-6-10(11)12(15)8-3-1-2-4-8/h3,5-7,12,15H,1-2,4H2. The molecule has 3 heteroatoms. The maximum Gasteiger partial charge on any atom is 0.124 e. The summed E-state index contributed by atoms with van der Waals surface area (Å²) < 4.78 is 12.8. The van der Waals surface area contributed by atoms with Gasteiger partial charge >= 0.3 is 0 Å². The maximum atomic E-state index is 12.8. The quantitative estimate of drug-likeness (QED) is 0.764. The van der Waals surface area contributed by atoms with Crippen LogP contribution < -0.4 is 0 Å². The van der Waals surface area contributed by atoms with Gasteiger partial charge in [0.2, 0.25) is 0 Å². The minimum absolute atomic E-state index is 0.287. The number of hydrogen-bond acceptors (Lipinski definition) is 1. The van der Waals surface area contributed by atoms with E-state index in [9.17, 15) is 9.50 Å². The monoisotopic (exact) mass is 226 g/mol. The van der Waals surface area contributed by atoms with Crippen molar-refractivity contribution in [3.63, 3.8) is 0 Å². The van der Waals surface area contributed by atoms with Crippen molar-refractivity contribution in [3.8, 4) is 0 Å². The average molecular weight is 227 g/mol. The molecule has 1 aliphatic rings. The fraction of sp³-hybridized carbons (Fsp3) is 0.333. The number of allylic oxidation sites excluding steroid dienone is 1. The first-order valence-electron chi connectivity index (χ1n) is 5.00. The Bertz CT molecular complexity index is 401. The molecule has 1 aliphatic carbocycles. The van der Waals surface area contributed by atoms with Crippen LogP contribution in [0.1, 0.15) is 30.9 Å². The Hall–Kier alpha value is -0.860. The van der Waals surface area contributed by atoms with E-state index >= 15 is 0 Å². The molecule has 1 unspecified atom stereocenters. The molecule has 0 aliphatic heterocycles. The number of hydrogen-bond donors (Lipinski definition) is 1. The van der Waals surface area contributed by atoms with Gasteiger partial charge in [-0.2, -0.15) is 0 Å². The Labute approximate surface area is 93.2 Å². The summed E-state index contributed by atoms with van der Waals surface area (Å²) in [6.07, 6.45) is 4.33. The third-order valence-corrected chi connectivity index (χ3v) is 3.01. The van der Waals surface area contributed by atoms with E-state index < -0.39 is 6.10 Å². The predicted molar refractivity (Wildman–Crippen MR) is 58.3 cm³/mol. The van der Waals surface area contributed by atoms with Crippen molar-refractivity contribution in [3.05, 3.63) is 46.3 Å². The number of rotatable bonds is 2. The van der Waals surface area contributed by atoms with E-state index in [0.29, 0.717) is 5.56 Å². The molecule has 1 N–H and O–H groups in total. The fourth-order valence-electron chi connectivity index (χ4n) is 1.87. The highest BCUT2D eigenvalue weighted by atomic mass is 35.5. The Morgan fingerprint density at radius 1 is 1.40 bits per heavy atom. The Morgan fingerprint density at radius 2 is 2.20 bits per heavy atom. The molecule has 1 atom stereocenters. The van der Waals surface area contributed by atoms with E-state index in [0.717, 1.165) is 24.8 Å². The van der Waals surface area contributed by atoms with Crippen LogP contribution in [0.2, 0.25) is 5.02 Å². The summed E-state index contributed by atoms with van der Waals surface area (Å²) in [4.78, 5) is 0. The highest BCUT2D eigenvalue weighted by Crippen LogP contribution is 2.34. The van der Waals surface area contributed by atoms with E-state index in [1.807, 2.05) is 6.08 Å². The van der Waals surface area contributed by atoms with Crippen LogP contribution in [0, 0.1) is 5.82 Å². The maximum absolute atomic E-state index is 12.8. The highest BCUT2D eigenvalue weighted by molar-refractivity contribution is 6.31. The Kier molecular flexibility index (Phi) is 3.08. The van der Waals surface area contributed by atoms with E-state index in [1.54, 1.807) is 6.07 Å². The summed E-state index contributed by atoms with van der Waals surface area (Å²) in [5.41, 5.74) is 1.58. The SMILES string of the molecule is OC(C1=CCCC1)c1ccc(F)cc1Cl. The zero-order valence-electron chi connectivity index (χ0n) is 8.21. The molecule has 0 bridgehead atoms. The molecule has 0 spiro atoms. The van der Waals surface area contributed by atoms with Gasteiger partial charge in [0.1, 0.15) is 11.9 Å². The first kappa shape index (κ1) is 10.7. The van der Waals surface area contributed by atoms with Gasteiger partial charge in [0.25, 0.3) is 0 Å². The largest absolute Gasteiger partial charge is 0.384 e. The molecule has 15 heavy (non-hydrogen) atoms. The minimum atomic E-state index is -0.680. The predicted octanol–water partition coefficient (Wildman–Crippen LogP) is 3.62. The number of aliphatic hydroxyl groups is 1. The summed E-state index contributed by atoms with van der Waals surface area (Å²) >= 11 is 5.88. The molecule has 0 saturated heterocycles. The topological polar surface area (TPSA) is 20.2 Å². The molecule has 0 saturated carbocycles. The van der Waals surface area contributed by atoms with Crippen LogP contribution in [0.3, 0.4) is 0 Å². The van der Waals surface area contributed by atoms with Crippen LogP contribution >= 0.6 is 11.6 Å². The van der Waals surface area contributed by atoms with E-state index in [4.69, 9.17) is 11.6 Å². The third kappa shape index (κ3) is 2.21. The highest BCUT2D eigenvalue weighted by Gasteiger charge is 2.18. The number of benzene rings is 1. The van der Waals surface area contributed by atoms with Crippen molar-refractivity contribution in [2.24, 2.45) is 0 Å². The van der Waals surface area contributed by atoms with Gasteiger partial charge in [-0.25, -0.2) is 4.39 Å². The normalized spacial score (nSPS) is 17.7. The molecule has 0 aromatic heterocycles. The molecule has 2 rings (SSSR count). The second-order valence-corrected chi connectivity index (χ2v) is 4.15. The lowest BCUT2D eigenvalue weighted by Crippen LogP contribution is -2.01. The molecule has 1 aromatic rings. The zero-order chi connectivity index (χ0) is 10.8. The zero-order valence-corrected chi connectivity index (χ0v) is 8.97. The molecule has 80 valence electrons. The summed E-state index contributed by atoms with van der Waals surface area (Å²) in [6.45, 7) is 0. The molecular weight excluding hydrogens is 215 g/mol. The van der Waals surface area contributed by atoms with Gasteiger partial charge < -0.3 is 5.11 Å². The smallest absolute Gasteiger partial charge is 0.124 e. The van der Waals surface area contributed by atoms with Crippen molar-refractivity contribution < 1.29 is 9.50 Å². The van der Waals surface area contributed by atoms with Crippen LogP contribution in [0.25, 0.3) is 0 Å². The van der Waals surface area contributed by atoms with Crippen molar-refractivity contribution in [1.29, 1.82) is 0 Å². The fourth-order valence-corrected chi connectivity index (χ4v) is 2.14. The van der Waals surface area contributed by atoms with Gasteiger partial charge in [-0.05, 0) is 37.0 Å². The van der Waals surface area contributed by atoms with Crippen molar-refractivity contribution >= 4 is 11.6 Å². The lowest BCUT2D eigenvalue weighted by atomic mass is 10.0. The van der Waals surface area contributed by atoms with Crippen LogP contribution in [-0.2, 0) is 0 Å².